The van der Waals surface area contributed by atoms with E-state index in [4.69, 9.17) is 9.88 Å². The van der Waals surface area contributed by atoms with Gasteiger partial charge in [0.2, 0.25) is 0 Å². The molecule has 0 saturated carbocycles. The lowest BCUT2D eigenvalue weighted by Gasteiger charge is -2.30. The summed E-state index contributed by atoms with van der Waals surface area (Å²) in [6.07, 6.45) is 11.7. The van der Waals surface area contributed by atoms with Gasteiger partial charge in [-0.25, -0.2) is 0 Å². The third kappa shape index (κ3) is 11.3. The Labute approximate surface area is 153 Å². The number of rotatable bonds is 11. The number of unbranched alkanes of at least 4 members (excludes halogenated alkanes) is 6. The zero-order valence-corrected chi connectivity index (χ0v) is 16.8. The van der Waals surface area contributed by atoms with Crippen LogP contribution in [0.1, 0.15) is 85.0 Å². The zero-order valence-electron chi connectivity index (χ0n) is 16.0. The lowest BCUT2D eigenvalue weighted by molar-refractivity contribution is -0.154. The van der Waals surface area contributed by atoms with Gasteiger partial charge in [0, 0.05) is 11.7 Å². The number of piperidine rings is 1. The second-order valence-electron chi connectivity index (χ2n) is 7.99. The lowest BCUT2D eigenvalue weighted by Crippen LogP contribution is -2.35. The molecule has 4 nitrogen and oxygen atoms in total. The summed E-state index contributed by atoms with van der Waals surface area (Å²) in [7, 11) is 0. The third-order valence-electron chi connectivity index (χ3n) is 4.50. The highest BCUT2D eigenvalue weighted by Gasteiger charge is 2.18. The van der Waals surface area contributed by atoms with Gasteiger partial charge in [0.05, 0.1) is 0 Å². The van der Waals surface area contributed by atoms with Crippen molar-refractivity contribution < 1.29 is 9.53 Å². The minimum absolute atomic E-state index is 0.0562. The Kier molecular flexibility index (Phi) is 11.0. The summed E-state index contributed by atoms with van der Waals surface area (Å²) in [6, 6.07) is 0. The summed E-state index contributed by atoms with van der Waals surface area (Å²) in [5, 5.41) is 6.34. The molecule has 0 aromatic rings. The molecule has 24 heavy (non-hydrogen) atoms. The number of likely N-dealkylation sites (tertiary alicyclic amines) is 1. The van der Waals surface area contributed by atoms with E-state index < -0.39 is 0 Å². The molecule has 0 aliphatic carbocycles. The first-order valence-electron chi connectivity index (χ1n) is 9.70. The standard InChI is InChI=1S/C19H38N2O2S/c1-19(2,3)23-18(22)11-9-7-5-4-6-8-10-14-21-15-12-17(24-20)13-16-21/h17H,4-16,20H2,1-3H3. The van der Waals surface area contributed by atoms with Gasteiger partial charge >= 0.3 is 5.97 Å². The van der Waals surface area contributed by atoms with E-state index in [0.717, 1.165) is 12.8 Å². The highest BCUT2D eigenvalue weighted by molar-refractivity contribution is 7.97. The van der Waals surface area contributed by atoms with Gasteiger partial charge in [0.25, 0.3) is 0 Å². The summed E-state index contributed by atoms with van der Waals surface area (Å²) < 4.78 is 5.32. The molecule has 1 heterocycles. The Morgan fingerprint density at radius 1 is 1.04 bits per heavy atom. The second kappa shape index (κ2) is 12.2. The number of carbonyl (C=O) groups is 1. The average molecular weight is 359 g/mol. The van der Waals surface area contributed by atoms with Crippen molar-refractivity contribution in [2.24, 2.45) is 5.14 Å². The number of carbonyl (C=O) groups excluding carboxylic acids is 1. The first-order valence-corrected chi connectivity index (χ1v) is 10.6. The smallest absolute Gasteiger partial charge is 0.306 e. The van der Waals surface area contributed by atoms with Gasteiger partial charge in [-0.3, -0.25) is 9.93 Å². The SMILES string of the molecule is CC(C)(C)OC(=O)CCCCCCCCCN1CCC(SN)CC1. The maximum atomic E-state index is 11.6. The Morgan fingerprint density at radius 2 is 1.58 bits per heavy atom. The molecule has 2 N–H and O–H groups in total. The highest BCUT2D eigenvalue weighted by Crippen LogP contribution is 2.19. The lowest BCUT2D eigenvalue weighted by atomic mass is 10.1. The van der Waals surface area contributed by atoms with Gasteiger partial charge in [-0.2, -0.15) is 0 Å². The Bertz CT molecular complexity index is 337. The molecule has 5 heteroatoms. The molecule has 142 valence electrons. The molecular formula is C19H38N2O2S. The first kappa shape index (κ1) is 21.8. The minimum atomic E-state index is -0.352. The van der Waals surface area contributed by atoms with E-state index in [1.54, 1.807) is 0 Å². The first-order chi connectivity index (χ1) is 11.4. The van der Waals surface area contributed by atoms with Crippen LogP contribution in [-0.2, 0) is 9.53 Å². The van der Waals surface area contributed by atoms with Crippen molar-refractivity contribution >= 4 is 17.9 Å². The predicted octanol–water partition coefficient (Wildman–Crippen LogP) is 4.52. The largest absolute Gasteiger partial charge is 0.460 e. The molecule has 0 bridgehead atoms. The zero-order chi connectivity index (χ0) is 17.8. The maximum Gasteiger partial charge on any atom is 0.306 e. The summed E-state index contributed by atoms with van der Waals surface area (Å²) in [5.74, 6) is -0.0562. The molecule has 1 aliphatic rings. The fraction of sp³-hybridized carbons (Fsp3) is 0.947. The van der Waals surface area contributed by atoms with E-state index in [9.17, 15) is 4.79 Å². The van der Waals surface area contributed by atoms with E-state index in [1.165, 1.54) is 76.5 Å². The summed E-state index contributed by atoms with van der Waals surface area (Å²) in [6.45, 7) is 9.46. The molecule has 0 atom stereocenters. The molecule has 0 unspecified atom stereocenters. The number of nitrogens with zero attached hydrogens (tertiary/aromatic N) is 1. The van der Waals surface area contributed by atoms with E-state index in [-0.39, 0.29) is 11.6 Å². The molecule has 1 aliphatic heterocycles. The van der Waals surface area contributed by atoms with Gasteiger partial charge in [-0.1, -0.05) is 44.1 Å². The Hall–Kier alpha value is -0.260. The van der Waals surface area contributed by atoms with Crippen LogP contribution in [0.15, 0.2) is 0 Å². The number of ether oxygens (including phenoxy) is 1. The molecule has 1 rings (SSSR count). The number of nitrogens with two attached hydrogens (primary N) is 1. The van der Waals surface area contributed by atoms with Crippen LogP contribution < -0.4 is 5.14 Å². The summed E-state index contributed by atoms with van der Waals surface area (Å²) >= 11 is 1.54. The van der Waals surface area contributed by atoms with Gasteiger partial charge in [-0.15, -0.1) is 0 Å². The van der Waals surface area contributed by atoms with Crippen molar-refractivity contribution in [2.75, 3.05) is 19.6 Å². The predicted molar refractivity (Wildman–Crippen MR) is 104 cm³/mol. The monoisotopic (exact) mass is 358 g/mol. The van der Waals surface area contributed by atoms with Crippen LogP contribution in [0, 0.1) is 0 Å². The van der Waals surface area contributed by atoms with E-state index in [1.807, 2.05) is 20.8 Å². The molecular weight excluding hydrogens is 320 g/mol. The van der Waals surface area contributed by atoms with E-state index >= 15 is 0 Å². The minimum Gasteiger partial charge on any atom is -0.460 e. The third-order valence-corrected chi connectivity index (χ3v) is 5.36. The van der Waals surface area contributed by atoms with Crippen LogP contribution in [0.5, 0.6) is 0 Å². The fourth-order valence-corrected chi connectivity index (χ4v) is 3.63. The van der Waals surface area contributed by atoms with Crippen LogP contribution in [0.25, 0.3) is 0 Å². The number of hydrogen-bond donors (Lipinski definition) is 1. The molecule has 0 aromatic carbocycles. The van der Waals surface area contributed by atoms with E-state index in [0.29, 0.717) is 11.7 Å². The van der Waals surface area contributed by atoms with Crippen LogP contribution in [0.4, 0.5) is 0 Å². The van der Waals surface area contributed by atoms with Crippen molar-refractivity contribution in [3.63, 3.8) is 0 Å². The molecule has 0 aromatic heterocycles. The summed E-state index contributed by atoms with van der Waals surface area (Å²) in [4.78, 5) is 14.2. The van der Waals surface area contributed by atoms with Crippen LogP contribution >= 0.6 is 11.9 Å². The van der Waals surface area contributed by atoms with Gasteiger partial charge < -0.3 is 9.64 Å². The maximum absolute atomic E-state index is 11.6. The van der Waals surface area contributed by atoms with Crippen molar-refractivity contribution in [2.45, 2.75) is 95.8 Å². The topological polar surface area (TPSA) is 55.6 Å². The molecule has 1 fully saturated rings. The van der Waals surface area contributed by atoms with Gasteiger partial charge in [0.15, 0.2) is 0 Å². The molecule has 0 spiro atoms. The number of esters is 1. The fourth-order valence-electron chi connectivity index (χ4n) is 3.15. The molecule has 0 amide bonds. The van der Waals surface area contributed by atoms with Gasteiger partial charge in [-0.05, 0) is 66.1 Å². The van der Waals surface area contributed by atoms with Crippen molar-refractivity contribution in [3.05, 3.63) is 0 Å². The van der Waals surface area contributed by atoms with E-state index in [2.05, 4.69) is 4.90 Å². The highest BCUT2D eigenvalue weighted by atomic mass is 32.2. The molecule has 1 saturated heterocycles. The van der Waals surface area contributed by atoms with Crippen LogP contribution in [-0.4, -0.2) is 41.4 Å². The average Bonchev–Trinajstić information content (AvgIpc) is 2.52. The second-order valence-corrected chi connectivity index (χ2v) is 8.93. The van der Waals surface area contributed by atoms with Gasteiger partial charge in [0.1, 0.15) is 5.60 Å². The van der Waals surface area contributed by atoms with Crippen LogP contribution in [0.3, 0.4) is 0 Å². The van der Waals surface area contributed by atoms with Crippen molar-refractivity contribution in [3.8, 4) is 0 Å². The Balaban J connectivity index is 1.85. The van der Waals surface area contributed by atoms with Crippen molar-refractivity contribution in [1.82, 2.24) is 4.90 Å². The Morgan fingerprint density at radius 3 is 2.12 bits per heavy atom. The summed E-state index contributed by atoms with van der Waals surface area (Å²) in [5.41, 5.74) is -0.352. The molecule has 0 radical (unpaired) electrons. The normalized spacial score (nSPS) is 17.2. The van der Waals surface area contributed by atoms with Crippen LogP contribution in [0.2, 0.25) is 0 Å². The quantitative estimate of drug-likeness (QED) is 0.334. The van der Waals surface area contributed by atoms with Crippen molar-refractivity contribution in [1.29, 1.82) is 0 Å². The number of hydrogen-bond acceptors (Lipinski definition) is 5.